The fourth-order valence-corrected chi connectivity index (χ4v) is 3.56. The molecule has 1 aliphatic heterocycles. The molecule has 0 unspecified atom stereocenters. The Hall–Kier alpha value is -2.48. The highest BCUT2D eigenvalue weighted by Crippen LogP contribution is 2.32. The topological polar surface area (TPSA) is 63.4 Å². The van der Waals surface area contributed by atoms with Gasteiger partial charge in [-0.05, 0) is 36.6 Å². The number of nitrogens with zero attached hydrogens (tertiary/aromatic N) is 2. The lowest BCUT2D eigenvalue weighted by Crippen LogP contribution is -2.37. The minimum absolute atomic E-state index is 0.0234. The summed E-state index contributed by atoms with van der Waals surface area (Å²) in [5.74, 6) is -1.60. The van der Waals surface area contributed by atoms with Crippen molar-refractivity contribution < 1.29 is 18.5 Å². The number of fused-ring (bicyclic) bond motifs is 1. The number of rotatable bonds is 4. The highest BCUT2D eigenvalue weighted by Gasteiger charge is 2.26. The molecule has 8 heteroatoms. The maximum Gasteiger partial charge on any atom is 0.269 e. The number of carbonyl (C=O) groups is 1. The molecule has 0 spiro atoms. The summed E-state index contributed by atoms with van der Waals surface area (Å²) >= 11 is 1.22. The first-order valence-corrected chi connectivity index (χ1v) is 8.60. The first-order valence-electron chi connectivity index (χ1n) is 7.61. The second-order valence-electron chi connectivity index (χ2n) is 5.58. The third-order valence-electron chi connectivity index (χ3n) is 3.92. The van der Waals surface area contributed by atoms with Crippen LogP contribution >= 0.6 is 11.8 Å². The van der Waals surface area contributed by atoms with Gasteiger partial charge in [0.2, 0.25) is 5.91 Å². The van der Waals surface area contributed by atoms with Crippen LogP contribution in [0.5, 0.6) is 0 Å². The van der Waals surface area contributed by atoms with Gasteiger partial charge in [0.1, 0.15) is 11.6 Å². The lowest BCUT2D eigenvalue weighted by molar-refractivity contribution is -0.384. The van der Waals surface area contributed by atoms with Gasteiger partial charge in [-0.2, -0.15) is 0 Å². The molecule has 0 fully saturated rings. The van der Waals surface area contributed by atoms with Crippen LogP contribution in [0.1, 0.15) is 12.0 Å². The quantitative estimate of drug-likeness (QED) is 0.468. The standard InChI is InChI=1S/C17H14F2N2O3S/c18-12-8-11-2-1-7-20(17(11)15(19)9-12)16(22)10-25-14-5-3-13(4-6-14)21(23)24/h3-6,8-9H,1-2,7,10H2. The van der Waals surface area contributed by atoms with Crippen LogP contribution in [0.15, 0.2) is 41.3 Å². The van der Waals surface area contributed by atoms with Gasteiger partial charge >= 0.3 is 0 Å². The van der Waals surface area contributed by atoms with Gasteiger partial charge in [0.25, 0.3) is 5.69 Å². The lowest BCUT2D eigenvalue weighted by atomic mass is 10.0. The molecular formula is C17H14F2N2O3S. The Morgan fingerprint density at radius 1 is 1.24 bits per heavy atom. The summed E-state index contributed by atoms with van der Waals surface area (Å²) in [5, 5.41) is 10.6. The second kappa shape index (κ2) is 7.18. The number of amides is 1. The molecule has 2 aromatic carbocycles. The van der Waals surface area contributed by atoms with Gasteiger partial charge in [-0.15, -0.1) is 11.8 Å². The highest BCUT2D eigenvalue weighted by molar-refractivity contribution is 8.00. The van der Waals surface area contributed by atoms with E-state index in [1.807, 2.05) is 0 Å². The number of anilines is 1. The zero-order valence-electron chi connectivity index (χ0n) is 13.1. The smallest absolute Gasteiger partial charge is 0.269 e. The third kappa shape index (κ3) is 3.79. The number of nitro groups is 1. The van der Waals surface area contributed by atoms with Crippen molar-refractivity contribution in [1.82, 2.24) is 0 Å². The van der Waals surface area contributed by atoms with Crippen LogP contribution in [0.2, 0.25) is 0 Å². The summed E-state index contributed by atoms with van der Waals surface area (Å²) < 4.78 is 27.5. The number of non-ortho nitro benzene ring substituents is 1. The monoisotopic (exact) mass is 364 g/mol. The van der Waals surface area contributed by atoms with E-state index in [-0.39, 0.29) is 23.0 Å². The molecule has 0 radical (unpaired) electrons. The number of hydrogen-bond acceptors (Lipinski definition) is 4. The van der Waals surface area contributed by atoms with Gasteiger partial charge in [0.15, 0.2) is 0 Å². The number of thioether (sulfide) groups is 1. The van der Waals surface area contributed by atoms with Crippen molar-refractivity contribution in [3.05, 3.63) is 63.7 Å². The molecule has 1 amide bonds. The molecule has 2 aromatic rings. The molecule has 0 saturated carbocycles. The van der Waals surface area contributed by atoms with Gasteiger partial charge in [-0.3, -0.25) is 14.9 Å². The van der Waals surface area contributed by atoms with E-state index in [0.29, 0.717) is 29.8 Å². The van der Waals surface area contributed by atoms with E-state index in [1.165, 1.54) is 34.9 Å². The Labute approximate surface area is 146 Å². The first-order chi connectivity index (χ1) is 12.0. The average Bonchev–Trinajstić information content (AvgIpc) is 2.59. The molecule has 3 rings (SSSR count). The van der Waals surface area contributed by atoms with Crippen molar-refractivity contribution in [2.24, 2.45) is 0 Å². The van der Waals surface area contributed by atoms with E-state index in [2.05, 4.69) is 0 Å². The maximum absolute atomic E-state index is 14.1. The molecule has 0 bridgehead atoms. The normalized spacial score (nSPS) is 13.4. The zero-order valence-corrected chi connectivity index (χ0v) is 13.9. The van der Waals surface area contributed by atoms with Crippen LogP contribution in [-0.2, 0) is 11.2 Å². The lowest BCUT2D eigenvalue weighted by Gasteiger charge is -2.29. The van der Waals surface area contributed by atoms with E-state index in [1.54, 1.807) is 12.1 Å². The Bertz CT molecular complexity index is 827. The van der Waals surface area contributed by atoms with Crippen LogP contribution in [0, 0.1) is 21.7 Å². The second-order valence-corrected chi connectivity index (χ2v) is 6.63. The number of halogens is 2. The number of benzene rings is 2. The Morgan fingerprint density at radius 2 is 1.96 bits per heavy atom. The van der Waals surface area contributed by atoms with Crippen molar-refractivity contribution in [3.8, 4) is 0 Å². The Kier molecular flexibility index (Phi) is 4.98. The van der Waals surface area contributed by atoms with Crippen molar-refractivity contribution in [3.63, 3.8) is 0 Å². The van der Waals surface area contributed by atoms with Crippen LogP contribution in [0.3, 0.4) is 0 Å². The van der Waals surface area contributed by atoms with Crippen LogP contribution in [0.25, 0.3) is 0 Å². The van der Waals surface area contributed by atoms with Crippen LogP contribution < -0.4 is 4.90 Å². The molecule has 5 nitrogen and oxygen atoms in total. The predicted octanol–water partition coefficient (Wildman–Crippen LogP) is 3.94. The zero-order chi connectivity index (χ0) is 18.0. The van der Waals surface area contributed by atoms with E-state index in [9.17, 15) is 23.7 Å². The van der Waals surface area contributed by atoms with Crippen molar-refractivity contribution in [1.29, 1.82) is 0 Å². The number of hydrogen-bond donors (Lipinski definition) is 0. The van der Waals surface area contributed by atoms with E-state index < -0.39 is 16.6 Å². The predicted molar refractivity (Wildman–Crippen MR) is 90.9 cm³/mol. The summed E-state index contributed by atoms with van der Waals surface area (Å²) in [5.41, 5.74) is 0.629. The molecule has 1 heterocycles. The van der Waals surface area contributed by atoms with Crippen molar-refractivity contribution in [2.45, 2.75) is 17.7 Å². The molecule has 1 aliphatic rings. The van der Waals surface area contributed by atoms with E-state index in [4.69, 9.17) is 0 Å². The number of nitro benzene ring substituents is 1. The van der Waals surface area contributed by atoms with Crippen LogP contribution in [-0.4, -0.2) is 23.1 Å². The largest absolute Gasteiger partial charge is 0.309 e. The first kappa shape index (κ1) is 17.3. The minimum Gasteiger partial charge on any atom is -0.309 e. The van der Waals surface area contributed by atoms with Gasteiger partial charge in [0.05, 0.1) is 16.4 Å². The summed E-state index contributed by atoms with van der Waals surface area (Å²) in [7, 11) is 0. The van der Waals surface area contributed by atoms with Crippen LogP contribution in [0.4, 0.5) is 20.2 Å². The SMILES string of the molecule is O=C(CSc1ccc([N+](=O)[O-])cc1)N1CCCc2cc(F)cc(F)c21. The fourth-order valence-electron chi connectivity index (χ4n) is 2.79. The van der Waals surface area contributed by atoms with Crippen molar-refractivity contribution >= 4 is 29.0 Å². The molecule has 0 N–H and O–H groups in total. The Morgan fingerprint density at radius 3 is 2.64 bits per heavy atom. The molecule has 0 aliphatic carbocycles. The third-order valence-corrected chi connectivity index (χ3v) is 4.91. The van der Waals surface area contributed by atoms with Gasteiger partial charge in [-0.25, -0.2) is 8.78 Å². The molecule has 25 heavy (non-hydrogen) atoms. The van der Waals surface area contributed by atoms with Gasteiger partial charge in [0, 0.05) is 29.6 Å². The molecular weight excluding hydrogens is 350 g/mol. The fraction of sp³-hybridized carbons (Fsp3) is 0.235. The number of carbonyl (C=O) groups excluding carboxylic acids is 1. The number of aryl methyl sites for hydroxylation is 1. The molecule has 0 aromatic heterocycles. The summed E-state index contributed by atoms with van der Waals surface area (Å²) in [6, 6.07) is 7.92. The summed E-state index contributed by atoms with van der Waals surface area (Å²) in [6.45, 7) is 0.384. The summed E-state index contributed by atoms with van der Waals surface area (Å²) in [4.78, 5) is 24.7. The average molecular weight is 364 g/mol. The maximum atomic E-state index is 14.1. The Balaban J connectivity index is 1.71. The van der Waals surface area contributed by atoms with Gasteiger partial charge < -0.3 is 4.90 Å². The molecule has 130 valence electrons. The van der Waals surface area contributed by atoms with E-state index >= 15 is 0 Å². The highest BCUT2D eigenvalue weighted by atomic mass is 32.2. The van der Waals surface area contributed by atoms with Gasteiger partial charge in [-0.1, -0.05) is 0 Å². The molecule has 0 saturated heterocycles. The van der Waals surface area contributed by atoms with Crippen molar-refractivity contribution in [2.75, 3.05) is 17.2 Å². The minimum atomic E-state index is -0.733. The summed E-state index contributed by atoms with van der Waals surface area (Å²) in [6.07, 6.45) is 1.17. The van der Waals surface area contributed by atoms with E-state index in [0.717, 1.165) is 6.07 Å². The molecule has 0 atom stereocenters.